The van der Waals surface area contributed by atoms with Crippen LogP contribution in [-0.2, 0) is 0 Å². The molecule has 8 heteroatoms. The molecule has 2 N–H and O–H groups in total. The molecule has 0 aliphatic carbocycles. The van der Waals surface area contributed by atoms with Gasteiger partial charge in [0.25, 0.3) is 5.69 Å². The Morgan fingerprint density at radius 1 is 0.938 bits per heavy atom. The van der Waals surface area contributed by atoms with E-state index in [0.717, 1.165) is 21.0 Å². The first-order valence-electron chi connectivity index (χ1n) is 9.84. The Hall–Kier alpha value is -4.30. The zero-order valence-electron chi connectivity index (χ0n) is 16.4. The van der Waals surface area contributed by atoms with Crippen LogP contribution >= 0.6 is 11.3 Å². The maximum absolute atomic E-state index is 11.4. The van der Waals surface area contributed by atoms with Crippen LogP contribution in [0.5, 0.6) is 5.75 Å². The van der Waals surface area contributed by atoms with E-state index in [1.54, 1.807) is 6.07 Å². The maximum Gasteiger partial charge on any atom is 0.271 e. The highest BCUT2D eigenvalue weighted by atomic mass is 32.1. The third kappa shape index (κ3) is 2.81. The van der Waals surface area contributed by atoms with Gasteiger partial charge in [-0.25, -0.2) is 9.97 Å². The fraction of sp³-hybridized carbons (Fsp3) is 0. The smallest absolute Gasteiger partial charge is 0.271 e. The highest BCUT2D eigenvalue weighted by Gasteiger charge is 2.21. The van der Waals surface area contributed by atoms with Crippen LogP contribution in [0.15, 0.2) is 72.8 Å². The number of aromatic amines is 1. The lowest BCUT2D eigenvalue weighted by molar-refractivity contribution is -0.384. The van der Waals surface area contributed by atoms with Crippen molar-refractivity contribution in [2.75, 3.05) is 0 Å². The summed E-state index contributed by atoms with van der Waals surface area (Å²) in [5, 5.41) is 25.0. The van der Waals surface area contributed by atoms with E-state index in [-0.39, 0.29) is 11.4 Å². The van der Waals surface area contributed by atoms with E-state index in [4.69, 9.17) is 4.98 Å². The van der Waals surface area contributed by atoms with Crippen molar-refractivity contribution in [3.8, 4) is 27.7 Å². The Morgan fingerprint density at radius 3 is 2.59 bits per heavy atom. The average Bonchev–Trinajstić information content (AvgIpc) is 3.41. The van der Waals surface area contributed by atoms with Crippen LogP contribution in [0, 0.1) is 10.1 Å². The SMILES string of the molecule is O=[N+]([O-])c1ccc2nc(-c3c(O)c(-c4nc5ccccc5s4)cc4ccccc34)[nH]c2c1. The van der Waals surface area contributed by atoms with E-state index >= 15 is 0 Å². The Morgan fingerprint density at radius 2 is 1.75 bits per heavy atom. The van der Waals surface area contributed by atoms with Crippen LogP contribution in [0.1, 0.15) is 0 Å². The lowest BCUT2D eigenvalue weighted by Crippen LogP contribution is -1.89. The Kier molecular flexibility index (Phi) is 3.96. The van der Waals surface area contributed by atoms with Crippen molar-refractivity contribution in [1.82, 2.24) is 15.0 Å². The largest absolute Gasteiger partial charge is 0.506 e. The van der Waals surface area contributed by atoms with Crippen molar-refractivity contribution in [2.24, 2.45) is 0 Å². The minimum absolute atomic E-state index is 0.0231. The number of benzene rings is 4. The normalized spacial score (nSPS) is 11.5. The molecule has 0 unspecified atom stereocenters. The zero-order valence-corrected chi connectivity index (χ0v) is 17.3. The van der Waals surface area contributed by atoms with Crippen molar-refractivity contribution in [3.05, 3.63) is 82.9 Å². The fourth-order valence-corrected chi connectivity index (χ4v) is 4.94. The van der Waals surface area contributed by atoms with Crippen LogP contribution in [0.25, 0.3) is 54.0 Å². The lowest BCUT2D eigenvalue weighted by atomic mass is 9.99. The van der Waals surface area contributed by atoms with Crippen LogP contribution < -0.4 is 0 Å². The van der Waals surface area contributed by atoms with Gasteiger partial charge in [-0.3, -0.25) is 10.1 Å². The number of para-hydroxylation sites is 1. The molecule has 0 amide bonds. The number of H-pyrrole nitrogens is 1. The molecule has 0 spiro atoms. The number of imidazole rings is 1. The average molecular weight is 438 g/mol. The number of rotatable bonds is 3. The minimum atomic E-state index is -0.444. The topological polar surface area (TPSA) is 105 Å². The second kappa shape index (κ2) is 6.86. The van der Waals surface area contributed by atoms with Gasteiger partial charge in [0.15, 0.2) is 0 Å². The van der Waals surface area contributed by atoms with E-state index in [1.807, 2.05) is 54.6 Å². The number of phenols is 1. The molecule has 0 saturated heterocycles. The number of thiazole rings is 1. The van der Waals surface area contributed by atoms with Gasteiger partial charge in [0.05, 0.1) is 37.3 Å². The van der Waals surface area contributed by atoms with Crippen molar-refractivity contribution in [3.63, 3.8) is 0 Å². The van der Waals surface area contributed by atoms with E-state index in [2.05, 4.69) is 9.97 Å². The molecule has 32 heavy (non-hydrogen) atoms. The lowest BCUT2D eigenvalue weighted by Gasteiger charge is -2.11. The molecular formula is C24H14N4O3S. The summed E-state index contributed by atoms with van der Waals surface area (Å²) in [4.78, 5) is 23.2. The van der Waals surface area contributed by atoms with E-state index in [0.29, 0.717) is 33.0 Å². The van der Waals surface area contributed by atoms with Crippen molar-refractivity contribution in [1.29, 1.82) is 0 Å². The molecule has 154 valence electrons. The summed E-state index contributed by atoms with van der Waals surface area (Å²) in [5.41, 5.74) is 3.12. The van der Waals surface area contributed by atoms with E-state index in [9.17, 15) is 15.2 Å². The summed E-state index contributed by atoms with van der Waals surface area (Å²) in [6.07, 6.45) is 0. The molecule has 0 radical (unpaired) electrons. The quantitative estimate of drug-likeness (QED) is 0.250. The number of hydrogen-bond donors (Lipinski definition) is 2. The third-order valence-corrected chi connectivity index (χ3v) is 6.53. The summed E-state index contributed by atoms with van der Waals surface area (Å²) in [6.45, 7) is 0. The van der Waals surface area contributed by atoms with Gasteiger partial charge in [-0.1, -0.05) is 36.4 Å². The number of nitro groups is 1. The first-order valence-corrected chi connectivity index (χ1v) is 10.7. The molecule has 7 nitrogen and oxygen atoms in total. The molecule has 2 aromatic heterocycles. The molecule has 0 atom stereocenters. The van der Waals surface area contributed by atoms with Gasteiger partial charge in [-0.2, -0.15) is 0 Å². The first-order chi connectivity index (χ1) is 15.6. The number of aromatic nitrogens is 3. The van der Waals surface area contributed by atoms with Gasteiger partial charge in [-0.15, -0.1) is 11.3 Å². The number of non-ortho nitro benzene ring substituents is 1. The molecule has 6 aromatic rings. The van der Waals surface area contributed by atoms with Gasteiger partial charge >= 0.3 is 0 Å². The number of hydrogen-bond acceptors (Lipinski definition) is 6. The molecule has 0 aliphatic heterocycles. The number of nitrogens with zero attached hydrogens (tertiary/aromatic N) is 3. The number of nitrogens with one attached hydrogen (secondary N) is 1. The van der Waals surface area contributed by atoms with E-state index in [1.165, 1.54) is 23.5 Å². The van der Waals surface area contributed by atoms with Crippen LogP contribution in [0.4, 0.5) is 5.69 Å². The number of nitro benzene ring substituents is 1. The molecule has 0 saturated carbocycles. The van der Waals surface area contributed by atoms with Gasteiger partial charge in [0, 0.05) is 12.1 Å². The highest BCUT2D eigenvalue weighted by Crippen LogP contribution is 2.44. The second-order valence-corrected chi connectivity index (χ2v) is 8.43. The minimum Gasteiger partial charge on any atom is -0.506 e. The molecule has 4 aromatic carbocycles. The van der Waals surface area contributed by atoms with Crippen LogP contribution in [0.2, 0.25) is 0 Å². The molecule has 0 fully saturated rings. The summed E-state index contributed by atoms with van der Waals surface area (Å²) >= 11 is 1.51. The Bertz CT molecular complexity index is 1650. The summed E-state index contributed by atoms with van der Waals surface area (Å²) in [7, 11) is 0. The predicted octanol–water partition coefficient (Wildman–Crippen LogP) is 6.27. The summed E-state index contributed by atoms with van der Waals surface area (Å²) in [5.74, 6) is 0.508. The standard InChI is InChI=1S/C24H14N4O3S/c29-22-16(24-27-18-7-3-4-8-20(18)32-24)11-13-5-1-2-6-15(13)21(22)23-25-17-10-9-14(28(30)31)12-19(17)26-23/h1-12,29H,(H,25,26). The molecule has 0 aliphatic rings. The number of phenolic OH excluding ortho intramolecular Hbond substituents is 1. The van der Waals surface area contributed by atoms with Crippen LogP contribution in [0.3, 0.4) is 0 Å². The fourth-order valence-electron chi connectivity index (χ4n) is 3.96. The molecular weight excluding hydrogens is 424 g/mol. The second-order valence-electron chi connectivity index (χ2n) is 7.40. The summed E-state index contributed by atoms with van der Waals surface area (Å²) in [6, 6.07) is 22.0. The Balaban J connectivity index is 1.63. The monoisotopic (exact) mass is 438 g/mol. The molecule has 0 bridgehead atoms. The van der Waals surface area contributed by atoms with Gasteiger partial charge < -0.3 is 10.1 Å². The van der Waals surface area contributed by atoms with Gasteiger partial charge in [-0.05, 0) is 35.0 Å². The van der Waals surface area contributed by atoms with Crippen molar-refractivity contribution < 1.29 is 10.0 Å². The van der Waals surface area contributed by atoms with Crippen molar-refractivity contribution in [2.45, 2.75) is 0 Å². The van der Waals surface area contributed by atoms with Crippen molar-refractivity contribution >= 4 is 49.0 Å². The Labute approximate surface area is 184 Å². The maximum atomic E-state index is 11.4. The molecule has 2 heterocycles. The van der Waals surface area contributed by atoms with Gasteiger partial charge in [0.2, 0.25) is 0 Å². The number of fused-ring (bicyclic) bond motifs is 3. The van der Waals surface area contributed by atoms with E-state index < -0.39 is 4.92 Å². The molecule has 6 rings (SSSR count). The highest BCUT2D eigenvalue weighted by molar-refractivity contribution is 7.21. The number of aromatic hydroxyl groups is 1. The predicted molar refractivity (Wildman–Crippen MR) is 126 cm³/mol. The zero-order chi connectivity index (χ0) is 21.8. The van der Waals surface area contributed by atoms with Gasteiger partial charge in [0.1, 0.15) is 16.6 Å². The first kappa shape index (κ1) is 18.5. The van der Waals surface area contributed by atoms with Crippen LogP contribution in [-0.4, -0.2) is 25.0 Å². The summed E-state index contributed by atoms with van der Waals surface area (Å²) < 4.78 is 1.03. The third-order valence-electron chi connectivity index (χ3n) is 5.46.